The van der Waals surface area contributed by atoms with Gasteiger partial charge in [0.25, 0.3) is 5.91 Å². The number of nitrogens with one attached hydrogen (secondary N) is 1. The summed E-state index contributed by atoms with van der Waals surface area (Å²) in [5.74, 6) is 0.0554. The van der Waals surface area contributed by atoms with Crippen LogP contribution in [-0.4, -0.2) is 22.4 Å². The van der Waals surface area contributed by atoms with Crippen LogP contribution in [0.15, 0.2) is 10.6 Å². The van der Waals surface area contributed by atoms with Gasteiger partial charge in [-0.2, -0.15) is 0 Å². The van der Waals surface area contributed by atoms with Crippen molar-refractivity contribution in [3.63, 3.8) is 0 Å². The van der Waals surface area contributed by atoms with Crippen molar-refractivity contribution >= 4 is 21.8 Å². The van der Waals surface area contributed by atoms with E-state index in [2.05, 4.69) is 33.3 Å². The molecule has 1 atom stereocenters. The van der Waals surface area contributed by atoms with Crippen LogP contribution in [0.4, 0.5) is 0 Å². The summed E-state index contributed by atoms with van der Waals surface area (Å²) in [4.78, 5) is 11.8. The first-order valence-electron chi connectivity index (χ1n) is 4.99. The SMILES string of the molecule is CCCC(Br)CNC(=O)c1cc(C)no1. The lowest BCUT2D eigenvalue weighted by atomic mass is 10.2. The summed E-state index contributed by atoms with van der Waals surface area (Å²) in [6, 6.07) is 1.62. The van der Waals surface area contributed by atoms with Gasteiger partial charge in [-0.05, 0) is 13.3 Å². The lowest BCUT2D eigenvalue weighted by Crippen LogP contribution is -2.29. The van der Waals surface area contributed by atoms with Crippen molar-refractivity contribution in [2.24, 2.45) is 0 Å². The van der Waals surface area contributed by atoms with Gasteiger partial charge in [0.2, 0.25) is 5.76 Å². The van der Waals surface area contributed by atoms with E-state index in [9.17, 15) is 4.79 Å². The molecular weight excluding hydrogens is 260 g/mol. The zero-order valence-electron chi connectivity index (χ0n) is 8.92. The largest absolute Gasteiger partial charge is 0.351 e. The van der Waals surface area contributed by atoms with Crippen LogP contribution in [0.2, 0.25) is 0 Å². The maximum atomic E-state index is 11.5. The average molecular weight is 275 g/mol. The highest BCUT2D eigenvalue weighted by Crippen LogP contribution is 2.07. The molecule has 4 nitrogen and oxygen atoms in total. The smallest absolute Gasteiger partial charge is 0.289 e. The van der Waals surface area contributed by atoms with E-state index in [4.69, 9.17) is 4.52 Å². The molecule has 1 aromatic rings. The zero-order chi connectivity index (χ0) is 11.3. The van der Waals surface area contributed by atoms with Gasteiger partial charge < -0.3 is 9.84 Å². The zero-order valence-corrected chi connectivity index (χ0v) is 10.5. The summed E-state index contributed by atoms with van der Waals surface area (Å²) in [5.41, 5.74) is 0.712. The van der Waals surface area contributed by atoms with Crippen LogP contribution < -0.4 is 5.32 Å². The van der Waals surface area contributed by atoms with E-state index in [1.165, 1.54) is 0 Å². The number of carbonyl (C=O) groups is 1. The molecular formula is C10H15BrN2O2. The summed E-state index contributed by atoms with van der Waals surface area (Å²) in [6.07, 6.45) is 2.13. The first kappa shape index (κ1) is 12.2. The standard InChI is InChI=1S/C10H15BrN2O2/c1-3-4-8(11)6-12-10(14)9-5-7(2)13-15-9/h5,8H,3-4,6H2,1-2H3,(H,12,14). The van der Waals surface area contributed by atoms with Crippen LogP contribution in [0, 0.1) is 6.92 Å². The van der Waals surface area contributed by atoms with Crippen LogP contribution >= 0.6 is 15.9 Å². The predicted octanol–water partition coefficient (Wildman–Crippen LogP) is 2.28. The van der Waals surface area contributed by atoms with E-state index in [0.29, 0.717) is 17.1 Å². The molecule has 0 fully saturated rings. The van der Waals surface area contributed by atoms with E-state index < -0.39 is 0 Å². The Balaban J connectivity index is 2.36. The molecule has 0 spiro atoms. The molecule has 0 aromatic carbocycles. The van der Waals surface area contributed by atoms with Crippen molar-refractivity contribution < 1.29 is 9.32 Å². The molecule has 0 aliphatic rings. The molecule has 1 heterocycles. The molecule has 1 aromatic heterocycles. The number of aryl methyl sites for hydroxylation is 1. The highest BCUT2D eigenvalue weighted by Gasteiger charge is 2.12. The van der Waals surface area contributed by atoms with E-state index in [0.717, 1.165) is 12.8 Å². The summed E-state index contributed by atoms with van der Waals surface area (Å²) in [7, 11) is 0. The van der Waals surface area contributed by atoms with Crippen LogP contribution in [0.5, 0.6) is 0 Å². The third kappa shape index (κ3) is 4.03. The fourth-order valence-corrected chi connectivity index (χ4v) is 1.80. The third-order valence-electron chi connectivity index (χ3n) is 1.94. The van der Waals surface area contributed by atoms with Gasteiger partial charge >= 0.3 is 0 Å². The van der Waals surface area contributed by atoms with E-state index in [-0.39, 0.29) is 11.7 Å². The van der Waals surface area contributed by atoms with Gasteiger partial charge in [0, 0.05) is 17.4 Å². The van der Waals surface area contributed by atoms with Crippen molar-refractivity contribution in [2.75, 3.05) is 6.54 Å². The molecule has 1 N–H and O–H groups in total. The Hall–Kier alpha value is -0.840. The number of halogens is 1. The normalized spacial score (nSPS) is 12.5. The van der Waals surface area contributed by atoms with Crippen LogP contribution in [0.25, 0.3) is 0 Å². The number of amides is 1. The number of carbonyl (C=O) groups excluding carboxylic acids is 1. The minimum Gasteiger partial charge on any atom is -0.351 e. The van der Waals surface area contributed by atoms with Gasteiger partial charge in [-0.1, -0.05) is 34.4 Å². The Labute approximate surface area is 97.5 Å². The number of nitrogens with zero attached hydrogens (tertiary/aromatic N) is 1. The molecule has 0 aliphatic carbocycles. The molecule has 1 unspecified atom stereocenters. The molecule has 0 radical (unpaired) electrons. The lowest BCUT2D eigenvalue weighted by molar-refractivity contribution is 0.0917. The van der Waals surface area contributed by atoms with Gasteiger partial charge in [-0.25, -0.2) is 0 Å². The quantitative estimate of drug-likeness (QED) is 0.839. The molecule has 84 valence electrons. The average Bonchev–Trinajstić information content (AvgIpc) is 2.62. The highest BCUT2D eigenvalue weighted by molar-refractivity contribution is 9.09. The second-order valence-corrected chi connectivity index (χ2v) is 4.72. The van der Waals surface area contributed by atoms with Crippen LogP contribution in [-0.2, 0) is 0 Å². The van der Waals surface area contributed by atoms with Crippen molar-refractivity contribution in [1.82, 2.24) is 10.5 Å². The molecule has 0 bridgehead atoms. The fourth-order valence-electron chi connectivity index (χ4n) is 1.18. The molecule has 0 saturated heterocycles. The Morgan fingerprint density at radius 1 is 1.73 bits per heavy atom. The summed E-state index contributed by atoms with van der Waals surface area (Å²) >= 11 is 3.48. The Morgan fingerprint density at radius 2 is 2.47 bits per heavy atom. The predicted molar refractivity (Wildman–Crippen MR) is 61.2 cm³/mol. The minimum atomic E-state index is -0.212. The third-order valence-corrected chi connectivity index (χ3v) is 2.72. The first-order chi connectivity index (χ1) is 7.13. The number of rotatable bonds is 5. The number of hydrogen-bond donors (Lipinski definition) is 1. The van der Waals surface area contributed by atoms with Crippen molar-refractivity contribution in [1.29, 1.82) is 0 Å². The van der Waals surface area contributed by atoms with Gasteiger partial charge in [-0.15, -0.1) is 0 Å². The van der Waals surface area contributed by atoms with Crippen LogP contribution in [0.1, 0.15) is 36.0 Å². The maximum absolute atomic E-state index is 11.5. The Bertz CT molecular complexity index is 325. The fraction of sp³-hybridized carbons (Fsp3) is 0.600. The van der Waals surface area contributed by atoms with Gasteiger partial charge in [-0.3, -0.25) is 4.79 Å². The minimum absolute atomic E-state index is 0.212. The molecule has 0 aliphatic heterocycles. The van der Waals surface area contributed by atoms with Crippen LogP contribution in [0.3, 0.4) is 0 Å². The Morgan fingerprint density at radius 3 is 3.00 bits per heavy atom. The topological polar surface area (TPSA) is 55.1 Å². The number of alkyl halides is 1. The second kappa shape index (κ2) is 5.90. The van der Waals surface area contributed by atoms with Gasteiger partial charge in [0.05, 0.1) is 5.69 Å². The summed E-state index contributed by atoms with van der Waals surface area (Å²) in [5, 5.41) is 6.43. The number of hydrogen-bond acceptors (Lipinski definition) is 3. The maximum Gasteiger partial charge on any atom is 0.289 e. The lowest BCUT2D eigenvalue weighted by Gasteiger charge is -2.08. The first-order valence-corrected chi connectivity index (χ1v) is 5.90. The van der Waals surface area contributed by atoms with E-state index >= 15 is 0 Å². The molecule has 1 rings (SSSR count). The van der Waals surface area contributed by atoms with E-state index in [1.807, 2.05) is 0 Å². The Kier molecular flexibility index (Phi) is 4.81. The second-order valence-electron chi connectivity index (χ2n) is 3.43. The van der Waals surface area contributed by atoms with Gasteiger partial charge in [0.15, 0.2) is 0 Å². The summed E-state index contributed by atoms with van der Waals surface area (Å²) in [6.45, 7) is 4.49. The molecule has 5 heteroatoms. The van der Waals surface area contributed by atoms with Crippen molar-refractivity contribution in [2.45, 2.75) is 31.5 Å². The van der Waals surface area contributed by atoms with Gasteiger partial charge in [0.1, 0.15) is 0 Å². The molecule has 1 amide bonds. The number of aromatic nitrogens is 1. The molecule has 15 heavy (non-hydrogen) atoms. The monoisotopic (exact) mass is 274 g/mol. The molecule has 0 saturated carbocycles. The van der Waals surface area contributed by atoms with Crippen molar-refractivity contribution in [3.8, 4) is 0 Å². The summed E-state index contributed by atoms with van der Waals surface area (Å²) < 4.78 is 4.84. The highest BCUT2D eigenvalue weighted by atomic mass is 79.9. The van der Waals surface area contributed by atoms with Crippen molar-refractivity contribution in [3.05, 3.63) is 17.5 Å². The van der Waals surface area contributed by atoms with E-state index in [1.54, 1.807) is 13.0 Å².